The van der Waals surface area contributed by atoms with Crippen molar-refractivity contribution in [1.29, 1.82) is 0 Å². The van der Waals surface area contributed by atoms with Crippen molar-refractivity contribution in [3.8, 4) is 0 Å². The van der Waals surface area contributed by atoms with Gasteiger partial charge in [0.1, 0.15) is 6.17 Å². The smallest absolute Gasteiger partial charge is 0.294 e. The van der Waals surface area contributed by atoms with E-state index in [0.717, 1.165) is 10.8 Å². The fourth-order valence-electron chi connectivity index (χ4n) is 3.08. The zero-order valence-corrected chi connectivity index (χ0v) is 18.0. The highest BCUT2D eigenvalue weighted by molar-refractivity contribution is 6.45. The molecule has 32 heavy (non-hydrogen) atoms. The number of guanidine groups is 1. The molecule has 2 amide bonds. The summed E-state index contributed by atoms with van der Waals surface area (Å²) in [5, 5.41) is 7.28. The van der Waals surface area contributed by atoms with Crippen LogP contribution in [0.15, 0.2) is 65.7 Å². The molecule has 6 N–H and O–H groups in total. The van der Waals surface area contributed by atoms with Crippen LogP contribution in [0.25, 0.3) is 10.8 Å². The number of nitrogens with two attached hydrogens (primary N) is 2. The van der Waals surface area contributed by atoms with Crippen molar-refractivity contribution in [3.05, 3.63) is 76.8 Å². The van der Waals surface area contributed by atoms with Gasteiger partial charge in [0.25, 0.3) is 17.6 Å². The lowest BCUT2D eigenvalue weighted by atomic mass is 10.1. The molecular weight excluding hydrogens is 430 g/mol. The summed E-state index contributed by atoms with van der Waals surface area (Å²) in [5.41, 5.74) is 11.2. The zero-order valence-electron chi connectivity index (χ0n) is 17.3. The van der Waals surface area contributed by atoms with Gasteiger partial charge < -0.3 is 22.1 Å². The maximum Gasteiger partial charge on any atom is 0.294 e. The van der Waals surface area contributed by atoms with Gasteiger partial charge >= 0.3 is 0 Å². The molecule has 1 atom stereocenters. The van der Waals surface area contributed by atoms with Crippen LogP contribution < -0.4 is 22.1 Å². The molecule has 0 saturated carbocycles. The zero-order chi connectivity index (χ0) is 23.3. The average molecular weight is 452 g/mol. The second kappa shape index (κ2) is 9.93. The molecule has 0 radical (unpaired) electrons. The first kappa shape index (κ1) is 22.8. The number of rotatable bonds is 7. The molecule has 0 aromatic heterocycles. The molecule has 3 aromatic rings. The number of aliphatic imine (C=N–C) groups is 1. The van der Waals surface area contributed by atoms with Crippen molar-refractivity contribution >= 4 is 51.6 Å². The van der Waals surface area contributed by atoms with E-state index in [-0.39, 0.29) is 22.2 Å². The Hall–Kier alpha value is -3.91. The highest BCUT2D eigenvalue weighted by Gasteiger charge is 2.23. The minimum Gasteiger partial charge on any atom is -0.370 e. The van der Waals surface area contributed by atoms with Crippen molar-refractivity contribution in [2.24, 2.45) is 16.5 Å². The topological polar surface area (TPSA) is 140 Å². The number of nitrogens with one attached hydrogen (secondary N) is 2. The number of benzene rings is 3. The van der Waals surface area contributed by atoms with Crippen LogP contribution in [0.5, 0.6) is 0 Å². The van der Waals surface area contributed by atoms with E-state index in [1.165, 1.54) is 18.2 Å². The molecule has 0 aliphatic rings. The van der Waals surface area contributed by atoms with Crippen molar-refractivity contribution in [1.82, 2.24) is 5.32 Å². The number of nitrogens with zero attached hydrogens (tertiary/aromatic N) is 1. The van der Waals surface area contributed by atoms with Gasteiger partial charge in [-0.15, -0.1) is 0 Å². The number of Topliss-reactive ketones (excluding diaryl/α,β-unsaturated/α-hetero) is 1. The van der Waals surface area contributed by atoms with Crippen molar-refractivity contribution < 1.29 is 14.4 Å². The maximum absolute atomic E-state index is 12.8. The molecule has 164 valence electrons. The van der Waals surface area contributed by atoms with Crippen LogP contribution in [0.3, 0.4) is 0 Å². The number of anilines is 1. The lowest BCUT2D eigenvalue weighted by Crippen LogP contribution is -2.40. The normalized spacial score (nSPS) is 11.4. The summed E-state index contributed by atoms with van der Waals surface area (Å²) in [4.78, 5) is 42.0. The molecule has 3 rings (SSSR count). The monoisotopic (exact) mass is 451 g/mol. The van der Waals surface area contributed by atoms with Crippen LogP contribution in [0.2, 0.25) is 5.02 Å². The number of hydrogen-bond acceptors (Lipinski definition) is 4. The Morgan fingerprint density at radius 3 is 2.41 bits per heavy atom. The van der Waals surface area contributed by atoms with E-state index >= 15 is 0 Å². The van der Waals surface area contributed by atoms with Gasteiger partial charge in [0.05, 0.1) is 11.3 Å². The van der Waals surface area contributed by atoms with Crippen molar-refractivity contribution in [2.45, 2.75) is 19.5 Å². The highest BCUT2D eigenvalue weighted by atomic mass is 35.5. The Balaban J connectivity index is 1.85. The van der Waals surface area contributed by atoms with Gasteiger partial charge in [0.15, 0.2) is 5.96 Å². The quantitative estimate of drug-likeness (QED) is 0.189. The molecule has 0 fully saturated rings. The third kappa shape index (κ3) is 5.41. The van der Waals surface area contributed by atoms with Gasteiger partial charge in [0.2, 0.25) is 0 Å². The highest BCUT2D eigenvalue weighted by Crippen LogP contribution is 2.23. The fraction of sp³-hybridized carbons (Fsp3) is 0.130. The summed E-state index contributed by atoms with van der Waals surface area (Å²) < 4.78 is 0. The molecular formula is C23H22ClN5O3. The molecule has 0 saturated heterocycles. The predicted molar refractivity (Wildman–Crippen MR) is 126 cm³/mol. The molecule has 9 heteroatoms. The Morgan fingerprint density at radius 1 is 1.00 bits per heavy atom. The first-order chi connectivity index (χ1) is 15.3. The summed E-state index contributed by atoms with van der Waals surface area (Å²) in [7, 11) is 0. The van der Waals surface area contributed by atoms with Crippen molar-refractivity contribution in [3.63, 3.8) is 0 Å². The van der Waals surface area contributed by atoms with Crippen LogP contribution in [0.1, 0.15) is 34.1 Å². The molecule has 0 bridgehead atoms. The van der Waals surface area contributed by atoms with Gasteiger partial charge in [-0.2, -0.15) is 0 Å². The SMILES string of the molecule is CCC(N=C(N)N)NC(=O)C(=O)c1cc(Cl)ccc1NC(=O)c1ccc2ccccc2c1. The number of ketones is 1. The third-order valence-corrected chi connectivity index (χ3v) is 4.92. The summed E-state index contributed by atoms with van der Waals surface area (Å²) in [5.74, 6) is -2.45. The minimum atomic E-state index is -0.926. The van der Waals surface area contributed by atoms with E-state index in [1.807, 2.05) is 30.3 Å². The van der Waals surface area contributed by atoms with Crippen molar-refractivity contribution in [2.75, 3.05) is 5.32 Å². The van der Waals surface area contributed by atoms with Crippen LogP contribution >= 0.6 is 11.6 Å². The van der Waals surface area contributed by atoms with Gasteiger partial charge in [-0.25, -0.2) is 4.99 Å². The molecule has 0 spiro atoms. The summed E-state index contributed by atoms with van der Waals surface area (Å²) in [6.07, 6.45) is -0.385. The van der Waals surface area contributed by atoms with Gasteiger partial charge in [-0.05, 0) is 47.5 Å². The van der Waals surface area contributed by atoms with E-state index in [1.54, 1.807) is 19.1 Å². The molecule has 0 aliphatic heterocycles. The first-order valence-electron chi connectivity index (χ1n) is 9.82. The van der Waals surface area contributed by atoms with Gasteiger partial charge in [0, 0.05) is 10.6 Å². The molecule has 1 unspecified atom stereocenters. The minimum absolute atomic E-state index is 0.0521. The lowest BCUT2D eigenvalue weighted by molar-refractivity contribution is -0.117. The lowest BCUT2D eigenvalue weighted by Gasteiger charge is -2.14. The molecule has 8 nitrogen and oxygen atoms in total. The van der Waals surface area contributed by atoms with Crippen LogP contribution in [0.4, 0.5) is 5.69 Å². The van der Waals surface area contributed by atoms with E-state index in [2.05, 4.69) is 15.6 Å². The first-order valence-corrected chi connectivity index (χ1v) is 10.2. The van der Waals surface area contributed by atoms with Crippen LogP contribution in [0, 0.1) is 0 Å². The fourth-order valence-corrected chi connectivity index (χ4v) is 3.26. The average Bonchev–Trinajstić information content (AvgIpc) is 2.78. The Kier molecular flexibility index (Phi) is 7.07. The number of halogens is 1. The van der Waals surface area contributed by atoms with Gasteiger partial charge in [-0.3, -0.25) is 14.4 Å². The van der Waals surface area contributed by atoms with E-state index in [0.29, 0.717) is 12.0 Å². The Labute approximate surface area is 189 Å². The number of carbonyl (C=O) groups is 3. The number of amides is 2. The number of hydrogen-bond donors (Lipinski definition) is 4. The number of carbonyl (C=O) groups excluding carboxylic acids is 3. The molecule has 3 aromatic carbocycles. The van der Waals surface area contributed by atoms with Crippen LogP contribution in [-0.4, -0.2) is 29.7 Å². The standard InChI is InChI=1S/C23H22ClN5O3/c1-2-19(29-23(25)26)28-22(32)20(30)17-12-16(24)9-10-18(17)27-21(31)15-8-7-13-5-3-4-6-14(13)11-15/h3-12,19H,2H2,1H3,(H,27,31)(H,28,32)(H4,25,26,29). The number of fused-ring (bicyclic) bond motifs is 1. The second-order valence-corrected chi connectivity index (χ2v) is 7.42. The van der Waals surface area contributed by atoms with E-state index < -0.39 is 23.8 Å². The molecule has 0 aliphatic carbocycles. The largest absolute Gasteiger partial charge is 0.370 e. The Bertz CT molecular complexity index is 1220. The summed E-state index contributed by atoms with van der Waals surface area (Å²) in [6, 6.07) is 17.2. The molecule has 0 heterocycles. The Morgan fingerprint density at radius 2 is 1.72 bits per heavy atom. The summed E-state index contributed by atoms with van der Waals surface area (Å²) >= 11 is 6.03. The second-order valence-electron chi connectivity index (χ2n) is 6.99. The summed E-state index contributed by atoms with van der Waals surface area (Å²) in [6.45, 7) is 1.75. The van der Waals surface area contributed by atoms with E-state index in [9.17, 15) is 14.4 Å². The van der Waals surface area contributed by atoms with Crippen LogP contribution in [-0.2, 0) is 4.79 Å². The van der Waals surface area contributed by atoms with E-state index in [4.69, 9.17) is 23.1 Å². The predicted octanol–water partition coefficient (Wildman–Crippen LogP) is 3.05. The third-order valence-electron chi connectivity index (χ3n) is 4.68. The van der Waals surface area contributed by atoms with Gasteiger partial charge in [-0.1, -0.05) is 48.9 Å². The maximum atomic E-state index is 12.8.